The maximum atomic E-state index is 13.4. The molecule has 1 fully saturated rings. The first-order chi connectivity index (χ1) is 13.0. The predicted octanol–water partition coefficient (Wildman–Crippen LogP) is 3.20. The molecule has 2 heterocycles. The van der Waals surface area contributed by atoms with Gasteiger partial charge in [-0.2, -0.15) is 5.10 Å². The SMILES string of the molecule is COc1cc(Cn2cccn2)cc2onc(NS(=O)CC3CCC3(F)F)c12. The summed E-state index contributed by atoms with van der Waals surface area (Å²) < 4.78 is 54.2. The lowest BCUT2D eigenvalue weighted by atomic mass is 9.82. The molecule has 2 aromatic heterocycles. The predicted molar refractivity (Wildman–Crippen MR) is 96.2 cm³/mol. The number of rotatable bonds is 7. The van der Waals surface area contributed by atoms with E-state index in [1.54, 1.807) is 16.9 Å². The van der Waals surface area contributed by atoms with Crippen LogP contribution in [0.25, 0.3) is 11.0 Å². The van der Waals surface area contributed by atoms with Crippen molar-refractivity contribution in [1.29, 1.82) is 0 Å². The fraction of sp³-hybridized carbons (Fsp3) is 0.412. The number of benzene rings is 1. The van der Waals surface area contributed by atoms with Crippen molar-refractivity contribution in [2.45, 2.75) is 25.3 Å². The van der Waals surface area contributed by atoms with Gasteiger partial charge in [0.2, 0.25) is 0 Å². The highest BCUT2D eigenvalue weighted by atomic mass is 32.2. The van der Waals surface area contributed by atoms with Crippen molar-refractivity contribution in [2.75, 3.05) is 17.6 Å². The van der Waals surface area contributed by atoms with Crippen LogP contribution in [-0.2, 0) is 17.5 Å². The lowest BCUT2D eigenvalue weighted by molar-refractivity contribution is -0.122. The third-order valence-electron chi connectivity index (χ3n) is 4.71. The lowest BCUT2D eigenvalue weighted by Gasteiger charge is -2.35. The van der Waals surface area contributed by atoms with Crippen LogP contribution in [0.1, 0.15) is 18.4 Å². The first-order valence-corrected chi connectivity index (χ1v) is 9.75. The lowest BCUT2D eigenvalue weighted by Crippen LogP contribution is -2.42. The van der Waals surface area contributed by atoms with Crippen molar-refractivity contribution in [3.05, 3.63) is 36.2 Å². The molecule has 1 aromatic carbocycles. The van der Waals surface area contributed by atoms with Gasteiger partial charge in [0.15, 0.2) is 11.4 Å². The van der Waals surface area contributed by atoms with Gasteiger partial charge in [-0.15, -0.1) is 0 Å². The minimum atomic E-state index is -2.73. The second kappa shape index (κ2) is 6.91. The highest BCUT2D eigenvalue weighted by molar-refractivity contribution is 7.86. The molecule has 2 atom stereocenters. The largest absolute Gasteiger partial charge is 0.496 e. The number of fused-ring (bicyclic) bond motifs is 1. The summed E-state index contributed by atoms with van der Waals surface area (Å²) in [5.74, 6) is -3.03. The third-order valence-corrected chi connectivity index (χ3v) is 5.83. The summed E-state index contributed by atoms with van der Waals surface area (Å²) >= 11 is 0. The van der Waals surface area contributed by atoms with E-state index >= 15 is 0 Å². The van der Waals surface area contributed by atoms with Crippen LogP contribution in [-0.4, -0.2) is 37.9 Å². The molecule has 0 aliphatic heterocycles. The first kappa shape index (κ1) is 17.9. The van der Waals surface area contributed by atoms with E-state index in [0.29, 0.717) is 29.7 Å². The Hall–Kier alpha value is -2.49. The number of halogens is 2. The van der Waals surface area contributed by atoms with Gasteiger partial charge in [-0.05, 0) is 30.2 Å². The Morgan fingerprint density at radius 1 is 1.48 bits per heavy atom. The molecule has 144 valence electrons. The second-order valence-electron chi connectivity index (χ2n) is 6.52. The first-order valence-electron chi connectivity index (χ1n) is 8.43. The average Bonchev–Trinajstić information content (AvgIpc) is 3.28. The molecule has 1 aliphatic carbocycles. The zero-order chi connectivity index (χ0) is 19.0. The minimum Gasteiger partial charge on any atom is -0.496 e. The molecule has 0 bridgehead atoms. The van der Waals surface area contributed by atoms with Crippen molar-refractivity contribution in [2.24, 2.45) is 5.92 Å². The van der Waals surface area contributed by atoms with Crippen LogP contribution in [0.2, 0.25) is 0 Å². The third kappa shape index (κ3) is 3.53. The molecular weight excluding hydrogens is 378 g/mol. The van der Waals surface area contributed by atoms with E-state index in [0.717, 1.165) is 5.56 Å². The van der Waals surface area contributed by atoms with Crippen molar-refractivity contribution in [3.63, 3.8) is 0 Å². The number of nitrogens with one attached hydrogen (secondary N) is 1. The fourth-order valence-electron chi connectivity index (χ4n) is 3.10. The van der Waals surface area contributed by atoms with Gasteiger partial charge in [0.25, 0.3) is 5.92 Å². The minimum absolute atomic E-state index is 0.138. The van der Waals surface area contributed by atoms with Gasteiger partial charge >= 0.3 is 0 Å². The van der Waals surface area contributed by atoms with Crippen LogP contribution >= 0.6 is 0 Å². The van der Waals surface area contributed by atoms with E-state index in [1.807, 2.05) is 18.3 Å². The molecule has 0 saturated heterocycles. The maximum absolute atomic E-state index is 13.4. The van der Waals surface area contributed by atoms with Gasteiger partial charge in [-0.25, -0.2) is 13.0 Å². The van der Waals surface area contributed by atoms with Crippen molar-refractivity contribution < 1.29 is 22.2 Å². The topological polar surface area (TPSA) is 82.2 Å². The van der Waals surface area contributed by atoms with Crippen LogP contribution in [0.15, 0.2) is 35.1 Å². The summed E-state index contributed by atoms with van der Waals surface area (Å²) in [7, 11) is -0.186. The van der Waals surface area contributed by atoms with Crippen molar-refractivity contribution >= 4 is 27.8 Å². The second-order valence-corrected chi connectivity index (χ2v) is 7.75. The van der Waals surface area contributed by atoms with Crippen LogP contribution in [0, 0.1) is 5.92 Å². The zero-order valence-corrected chi connectivity index (χ0v) is 15.3. The average molecular weight is 396 g/mol. The number of ether oxygens (including phenoxy) is 1. The Morgan fingerprint density at radius 2 is 2.33 bits per heavy atom. The summed E-state index contributed by atoms with van der Waals surface area (Å²) in [6.07, 6.45) is 3.76. The van der Waals surface area contributed by atoms with E-state index in [-0.39, 0.29) is 18.0 Å². The molecule has 27 heavy (non-hydrogen) atoms. The molecule has 0 radical (unpaired) electrons. The van der Waals surface area contributed by atoms with Crippen LogP contribution in [0.4, 0.5) is 14.6 Å². The Balaban J connectivity index is 1.56. The van der Waals surface area contributed by atoms with E-state index in [1.165, 1.54) is 7.11 Å². The standard InChI is InChI=1S/C17H18F2N4O3S/c1-25-13-7-11(9-23-6-2-5-20-23)8-14-15(13)16(21-26-14)22-27(24)10-12-3-4-17(12,18)19/h2,5-8,12H,3-4,9-10H2,1H3,(H,21,22). The van der Waals surface area contributed by atoms with Crippen LogP contribution < -0.4 is 9.46 Å². The number of alkyl halides is 2. The molecule has 1 N–H and O–H groups in total. The van der Waals surface area contributed by atoms with Gasteiger partial charge in [0.05, 0.1) is 19.4 Å². The zero-order valence-electron chi connectivity index (χ0n) is 14.5. The highest BCUT2D eigenvalue weighted by Crippen LogP contribution is 2.44. The van der Waals surface area contributed by atoms with Gasteiger partial charge in [0.1, 0.15) is 22.1 Å². The Labute approximate surface area is 156 Å². The number of nitrogens with zero attached hydrogens (tertiary/aromatic N) is 3. The quantitative estimate of drug-likeness (QED) is 0.663. The Bertz CT molecular complexity index is 974. The maximum Gasteiger partial charge on any atom is 0.251 e. The van der Waals surface area contributed by atoms with Gasteiger partial charge in [-0.3, -0.25) is 9.40 Å². The monoisotopic (exact) mass is 396 g/mol. The van der Waals surface area contributed by atoms with E-state index in [2.05, 4.69) is 15.0 Å². The molecule has 4 rings (SSSR count). The van der Waals surface area contributed by atoms with Crippen LogP contribution in [0.3, 0.4) is 0 Å². The smallest absolute Gasteiger partial charge is 0.251 e. The van der Waals surface area contributed by atoms with Crippen molar-refractivity contribution in [1.82, 2.24) is 14.9 Å². The van der Waals surface area contributed by atoms with E-state index in [4.69, 9.17) is 9.26 Å². The molecule has 1 saturated carbocycles. The normalized spacial score (nSPS) is 19.6. The molecule has 7 nitrogen and oxygen atoms in total. The number of anilines is 1. The number of aromatic nitrogens is 3. The summed E-state index contributed by atoms with van der Waals surface area (Å²) in [6, 6.07) is 5.43. The molecule has 1 aliphatic rings. The molecule has 3 aromatic rings. The Kier molecular flexibility index (Phi) is 4.58. The summed E-state index contributed by atoms with van der Waals surface area (Å²) in [5.41, 5.74) is 1.34. The van der Waals surface area contributed by atoms with Gasteiger partial charge in [0, 0.05) is 24.7 Å². The summed E-state index contributed by atoms with van der Waals surface area (Å²) in [6.45, 7) is 0.519. The number of hydrogen-bond acceptors (Lipinski definition) is 5. The summed E-state index contributed by atoms with van der Waals surface area (Å²) in [4.78, 5) is 0. The van der Waals surface area contributed by atoms with Gasteiger partial charge < -0.3 is 9.26 Å². The fourth-order valence-corrected chi connectivity index (χ4v) is 4.31. The van der Waals surface area contributed by atoms with Crippen molar-refractivity contribution in [3.8, 4) is 5.75 Å². The van der Waals surface area contributed by atoms with Gasteiger partial charge in [-0.1, -0.05) is 5.16 Å². The number of hydrogen-bond donors (Lipinski definition) is 1. The molecular formula is C17H18F2N4O3S. The van der Waals surface area contributed by atoms with Crippen LogP contribution in [0.5, 0.6) is 5.75 Å². The Morgan fingerprint density at radius 3 is 2.96 bits per heavy atom. The number of methoxy groups -OCH3 is 1. The van der Waals surface area contributed by atoms with E-state index < -0.39 is 22.8 Å². The highest BCUT2D eigenvalue weighted by Gasteiger charge is 2.48. The van der Waals surface area contributed by atoms with E-state index in [9.17, 15) is 13.0 Å². The molecule has 0 spiro atoms. The molecule has 10 heteroatoms. The summed E-state index contributed by atoms with van der Waals surface area (Å²) in [5, 5.41) is 8.58. The molecule has 2 unspecified atom stereocenters. The molecule has 0 amide bonds.